The third-order valence-corrected chi connectivity index (χ3v) is 3.33. The van der Waals surface area contributed by atoms with Gasteiger partial charge in [0.1, 0.15) is 0 Å². The number of rotatable bonds is 1. The van der Waals surface area contributed by atoms with Gasteiger partial charge in [0, 0.05) is 35.8 Å². The maximum atomic E-state index is 4.34. The highest BCUT2D eigenvalue weighted by Crippen LogP contribution is 2.27. The van der Waals surface area contributed by atoms with Crippen LogP contribution in [0.25, 0.3) is 32.9 Å². The van der Waals surface area contributed by atoms with Crippen LogP contribution >= 0.6 is 0 Å². The summed E-state index contributed by atoms with van der Waals surface area (Å²) < 4.78 is 1.81. The molecule has 0 fully saturated rings. The van der Waals surface area contributed by atoms with Gasteiger partial charge in [-0.1, -0.05) is 12.1 Å². The minimum Gasteiger partial charge on any atom is -0.275 e. The average Bonchev–Trinajstić information content (AvgIpc) is 3.06. The Morgan fingerprint density at radius 1 is 1.05 bits per heavy atom. The van der Waals surface area contributed by atoms with Crippen molar-refractivity contribution in [1.82, 2.24) is 25.0 Å². The Kier molecular flexibility index (Phi) is 1.97. The molecule has 4 aromatic rings. The quantitative estimate of drug-likeness (QED) is 0.564. The van der Waals surface area contributed by atoms with Gasteiger partial charge in [-0.05, 0) is 17.0 Å². The molecule has 0 aliphatic heterocycles. The topological polar surface area (TPSA) is 59.4 Å². The summed E-state index contributed by atoms with van der Waals surface area (Å²) in [5.74, 6) is 0. The fourth-order valence-corrected chi connectivity index (χ4v) is 2.36. The number of pyridine rings is 1. The van der Waals surface area contributed by atoms with E-state index < -0.39 is 0 Å². The van der Waals surface area contributed by atoms with Crippen LogP contribution in [-0.4, -0.2) is 25.0 Å². The molecule has 0 saturated heterocycles. The second-order valence-electron chi connectivity index (χ2n) is 4.60. The second kappa shape index (κ2) is 3.65. The zero-order valence-corrected chi connectivity index (χ0v) is 10.3. The molecule has 0 saturated carbocycles. The summed E-state index contributed by atoms with van der Waals surface area (Å²) in [6.45, 7) is 0. The molecular formula is C14H11N5. The molecule has 0 atom stereocenters. The zero-order chi connectivity index (χ0) is 12.8. The Morgan fingerprint density at radius 2 is 2.00 bits per heavy atom. The lowest BCUT2D eigenvalue weighted by atomic mass is 10.0. The minimum atomic E-state index is 0.816. The van der Waals surface area contributed by atoms with Crippen LogP contribution in [0.3, 0.4) is 0 Å². The van der Waals surface area contributed by atoms with Crippen LogP contribution in [0.2, 0.25) is 0 Å². The summed E-state index contributed by atoms with van der Waals surface area (Å²) in [5.41, 5.74) is 3.07. The number of aromatic nitrogens is 5. The fraction of sp³-hybridized carbons (Fsp3) is 0.0714. The van der Waals surface area contributed by atoms with Gasteiger partial charge in [-0.3, -0.25) is 9.78 Å². The zero-order valence-electron chi connectivity index (χ0n) is 10.3. The van der Waals surface area contributed by atoms with E-state index in [1.54, 1.807) is 4.68 Å². The van der Waals surface area contributed by atoms with Crippen LogP contribution in [0.15, 0.2) is 43.0 Å². The van der Waals surface area contributed by atoms with Crippen LogP contribution in [0.5, 0.6) is 0 Å². The third-order valence-electron chi connectivity index (χ3n) is 3.33. The van der Waals surface area contributed by atoms with Crippen molar-refractivity contribution in [3.05, 3.63) is 43.0 Å². The maximum Gasteiger partial charge on any atom is 0.155 e. The van der Waals surface area contributed by atoms with E-state index >= 15 is 0 Å². The van der Waals surface area contributed by atoms with E-state index in [4.69, 9.17) is 0 Å². The number of benzene rings is 1. The SMILES string of the molecule is Cn1cc(-c2ccc3cnc4[nH]ncc4c3c2)cn1. The highest BCUT2D eigenvalue weighted by atomic mass is 15.2. The summed E-state index contributed by atoms with van der Waals surface area (Å²) in [6, 6.07) is 6.33. The molecule has 0 bridgehead atoms. The normalized spacial score (nSPS) is 11.4. The Labute approximate surface area is 108 Å². The van der Waals surface area contributed by atoms with E-state index in [1.807, 2.05) is 31.8 Å². The molecule has 3 aromatic heterocycles. The van der Waals surface area contributed by atoms with E-state index in [1.165, 1.54) is 0 Å². The number of aromatic amines is 1. The van der Waals surface area contributed by atoms with E-state index in [0.717, 1.165) is 32.9 Å². The summed E-state index contributed by atoms with van der Waals surface area (Å²) in [7, 11) is 1.92. The molecule has 1 aromatic carbocycles. The highest BCUT2D eigenvalue weighted by Gasteiger charge is 2.06. The number of hydrogen-bond donors (Lipinski definition) is 1. The first-order valence-corrected chi connectivity index (χ1v) is 6.02. The van der Waals surface area contributed by atoms with E-state index in [0.29, 0.717) is 0 Å². The molecule has 5 nitrogen and oxygen atoms in total. The van der Waals surface area contributed by atoms with Gasteiger partial charge >= 0.3 is 0 Å². The monoisotopic (exact) mass is 249 g/mol. The molecule has 92 valence electrons. The number of nitrogens with zero attached hydrogens (tertiary/aromatic N) is 4. The number of nitrogens with one attached hydrogen (secondary N) is 1. The van der Waals surface area contributed by atoms with Gasteiger partial charge in [0.25, 0.3) is 0 Å². The van der Waals surface area contributed by atoms with Crippen molar-refractivity contribution in [3.63, 3.8) is 0 Å². The van der Waals surface area contributed by atoms with Crippen LogP contribution in [0.1, 0.15) is 0 Å². The molecule has 0 amide bonds. The molecule has 4 rings (SSSR count). The van der Waals surface area contributed by atoms with Crippen molar-refractivity contribution in [1.29, 1.82) is 0 Å². The summed E-state index contributed by atoms with van der Waals surface area (Å²) in [4.78, 5) is 4.34. The smallest absolute Gasteiger partial charge is 0.155 e. The predicted molar refractivity (Wildman–Crippen MR) is 73.6 cm³/mol. The molecule has 0 spiro atoms. The molecule has 1 N–H and O–H groups in total. The molecule has 0 aliphatic rings. The molecule has 0 unspecified atom stereocenters. The Balaban J connectivity index is 2.03. The number of aryl methyl sites for hydroxylation is 1. The van der Waals surface area contributed by atoms with E-state index in [2.05, 4.69) is 38.5 Å². The lowest BCUT2D eigenvalue weighted by molar-refractivity contribution is 0.768. The third kappa shape index (κ3) is 1.52. The first-order chi connectivity index (χ1) is 9.31. The summed E-state index contributed by atoms with van der Waals surface area (Å²) >= 11 is 0. The molecule has 3 heterocycles. The van der Waals surface area contributed by atoms with Crippen molar-refractivity contribution in [2.45, 2.75) is 0 Å². The Hall–Kier alpha value is -2.69. The van der Waals surface area contributed by atoms with Gasteiger partial charge in [-0.25, -0.2) is 4.98 Å². The fourth-order valence-electron chi connectivity index (χ4n) is 2.36. The molecule has 0 aliphatic carbocycles. The maximum absolute atomic E-state index is 4.34. The van der Waals surface area contributed by atoms with E-state index in [-0.39, 0.29) is 0 Å². The van der Waals surface area contributed by atoms with E-state index in [9.17, 15) is 0 Å². The van der Waals surface area contributed by atoms with Crippen LogP contribution < -0.4 is 0 Å². The van der Waals surface area contributed by atoms with Crippen LogP contribution in [0, 0.1) is 0 Å². The standard InChI is InChI=1S/C14H11N5/c1-19-8-11(6-17-19)9-2-3-10-5-15-14-13(7-16-18-14)12(10)4-9/h2-8H,1H3,(H,15,16,18). The molecular weight excluding hydrogens is 238 g/mol. The van der Waals surface area contributed by atoms with Gasteiger partial charge in [0.2, 0.25) is 0 Å². The Bertz CT molecular complexity index is 887. The van der Waals surface area contributed by atoms with Gasteiger partial charge in [0.05, 0.1) is 12.4 Å². The van der Waals surface area contributed by atoms with Gasteiger partial charge in [-0.2, -0.15) is 10.2 Å². The summed E-state index contributed by atoms with van der Waals surface area (Å²) in [5, 5.41) is 14.5. The molecule has 5 heteroatoms. The first-order valence-electron chi connectivity index (χ1n) is 6.02. The minimum absolute atomic E-state index is 0.816. The van der Waals surface area contributed by atoms with Gasteiger partial charge in [0.15, 0.2) is 5.65 Å². The van der Waals surface area contributed by atoms with Crippen LogP contribution in [-0.2, 0) is 7.05 Å². The lowest BCUT2D eigenvalue weighted by Gasteiger charge is -2.02. The Morgan fingerprint density at radius 3 is 2.84 bits per heavy atom. The van der Waals surface area contributed by atoms with Crippen molar-refractivity contribution in [2.75, 3.05) is 0 Å². The number of fused-ring (bicyclic) bond motifs is 3. The predicted octanol–water partition coefficient (Wildman–Crippen LogP) is 2.51. The van der Waals surface area contributed by atoms with Crippen molar-refractivity contribution in [2.24, 2.45) is 7.05 Å². The second-order valence-corrected chi connectivity index (χ2v) is 4.60. The first kappa shape index (κ1) is 10.3. The van der Waals surface area contributed by atoms with Gasteiger partial charge in [-0.15, -0.1) is 0 Å². The highest BCUT2D eigenvalue weighted by molar-refractivity contribution is 6.05. The number of H-pyrrole nitrogens is 1. The van der Waals surface area contributed by atoms with Crippen molar-refractivity contribution in [3.8, 4) is 11.1 Å². The van der Waals surface area contributed by atoms with Crippen molar-refractivity contribution < 1.29 is 0 Å². The van der Waals surface area contributed by atoms with Crippen molar-refractivity contribution >= 4 is 21.8 Å². The van der Waals surface area contributed by atoms with Crippen LogP contribution in [0.4, 0.5) is 0 Å². The number of hydrogen-bond acceptors (Lipinski definition) is 3. The largest absolute Gasteiger partial charge is 0.275 e. The summed E-state index contributed by atoms with van der Waals surface area (Å²) in [6.07, 6.45) is 7.56. The van der Waals surface area contributed by atoms with Gasteiger partial charge < -0.3 is 0 Å². The lowest BCUT2D eigenvalue weighted by Crippen LogP contribution is -1.84. The average molecular weight is 249 g/mol. The molecule has 0 radical (unpaired) electrons. The molecule has 19 heavy (non-hydrogen) atoms.